The van der Waals surface area contributed by atoms with Crippen LogP contribution in [-0.2, 0) is 16.4 Å². The van der Waals surface area contributed by atoms with Gasteiger partial charge in [-0.1, -0.05) is 27.5 Å². The molecule has 0 aliphatic carbocycles. The van der Waals surface area contributed by atoms with Crippen molar-refractivity contribution in [2.45, 2.75) is 24.3 Å². The van der Waals surface area contributed by atoms with E-state index in [4.69, 9.17) is 11.6 Å². The van der Waals surface area contributed by atoms with Crippen molar-refractivity contribution in [3.8, 4) is 0 Å². The van der Waals surface area contributed by atoms with Crippen molar-refractivity contribution < 1.29 is 8.42 Å². The molecule has 0 amide bonds. The monoisotopic (exact) mass is 527 g/mol. The second-order valence-corrected chi connectivity index (χ2v) is 11.1. The molecule has 0 spiro atoms. The van der Waals surface area contributed by atoms with Crippen LogP contribution in [0.2, 0.25) is 5.15 Å². The third kappa shape index (κ3) is 3.64. The number of hydrogen-bond donors (Lipinski definition) is 2. The molecule has 1 aliphatic heterocycles. The van der Waals surface area contributed by atoms with E-state index in [9.17, 15) is 8.42 Å². The highest BCUT2D eigenvalue weighted by Crippen LogP contribution is 2.33. The van der Waals surface area contributed by atoms with Crippen LogP contribution in [0.3, 0.4) is 0 Å². The van der Waals surface area contributed by atoms with Crippen molar-refractivity contribution in [3.05, 3.63) is 45.1 Å². The van der Waals surface area contributed by atoms with Crippen molar-refractivity contribution in [2.24, 2.45) is 0 Å². The number of anilines is 1. The smallest absolute Gasteiger partial charge is 0.281 e. The summed E-state index contributed by atoms with van der Waals surface area (Å²) < 4.78 is 31.3. The standard InChI is InChI=1S/C19H19BrClN5O2S2/c20-13-9-14-12(3-6-25-4-1-2-5-25)11-22-16(14)15(10-13)24-30(27,28)18-17(21)23-19-26(18)7-8-29-19/h7-11,22,24H,1-6H2. The van der Waals surface area contributed by atoms with Gasteiger partial charge >= 0.3 is 0 Å². The molecule has 3 aromatic heterocycles. The first-order valence-corrected chi connectivity index (χ1v) is 13.1. The highest BCUT2D eigenvalue weighted by molar-refractivity contribution is 9.10. The quantitative estimate of drug-likeness (QED) is 0.379. The second kappa shape index (κ2) is 7.83. The molecule has 158 valence electrons. The number of hydrogen-bond acceptors (Lipinski definition) is 5. The molecule has 7 nitrogen and oxygen atoms in total. The lowest BCUT2D eigenvalue weighted by Gasteiger charge is -2.14. The molecule has 4 heterocycles. The summed E-state index contributed by atoms with van der Waals surface area (Å²) in [6, 6.07) is 3.77. The molecule has 1 fully saturated rings. The van der Waals surface area contributed by atoms with Crippen LogP contribution in [0.1, 0.15) is 18.4 Å². The number of thiazole rings is 1. The van der Waals surface area contributed by atoms with Gasteiger partial charge in [0, 0.05) is 34.2 Å². The van der Waals surface area contributed by atoms with Gasteiger partial charge in [-0.3, -0.25) is 9.12 Å². The summed E-state index contributed by atoms with van der Waals surface area (Å²) in [6.45, 7) is 3.31. The van der Waals surface area contributed by atoms with Crippen LogP contribution in [0.15, 0.2) is 39.4 Å². The van der Waals surface area contributed by atoms with Gasteiger partial charge in [0.25, 0.3) is 10.0 Å². The number of H-pyrrole nitrogens is 1. The van der Waals surface area contributed by atoms with Crippen LogP contribution in [0.5, 0.6) is 0 Å². The Hall–Kier alpha value is -1.59. The highest BCUT2D eigenvalue weighted by Gasteiger charge is 2.26. The minimum absolute atomic E-state index is 0.0432. The fraction of sp³-hybridized carbons (Fsp3) is 0.316. The first-order chi connectivity index (χ1) is 14.4. The van der Waals surface area contributed by atoms with Crippen LogP contribution >= 0.6 is 38.9 Å². The molecule has 2 N–H and O–H groups in total. The first kappa shape index (κ1) is 20.3. The zero-order chi connectivity index (χ0) is 20.9. The summed E-state index contributed by atoms with van der Waals surface area (Å²) >= 11 is 11.0. The predicted octanol–water partition coefficient (Wildman–Crippen LogP) is 4.73. The molecule has 1 aromatic carbocycles. The van der Waals surface area contributed by atoms with Gasteiger partial charge in [0.05, 0.1) is 11.2 Å². The zero-order valence-electron chi connectivity index (χ0n) is 15.9. The molecule has 1 aliphatic rings. The van der Waals surface area contributed by atoms with Gasteiger partial charge in [-0.2, -0.15) is 8.42 Å². The molecule has 1 saturated heterocycles. The Kier molecular flexibility index (Phi) is 5.30. The molecular formula is C19H19BrClN5O2S2. The van der Waals surface area contributed by atoms with E-state index in [-0.39, 0.29) is 10.2 Å². The minimum Gasteiger partial charge on any atom is -0.359 e. The van der Waals surface area contributed by atoms with E-state index in [0.29, 0.717) is 10.6 Å². The fourth-order valence-corrected chi connectivity index (χ4v) is 6.97. The van der Waals surface area contributed by atoms with Gasteiger partial charge in [-0.15, -0.1) is 11.3 Å². The lowest BCUT2D eigenvalue weighted by Crippen LogP contribution is -2.21. The maximum absolute atomic E-state index is 13.2. The van der Waals surface area contributed by atoms with Crippen molar-refractivity contribution in [3.63, 3.8) is 0 Å². The second-order valence-electron chi connectivity index (χ2n) is 7.36. The van der Waals surface area contributed by atoms with E-state index in [1.54, 1.807) is 17.6 Å². The number of fused-ring (bicyclic) bond motifs is 2. The number of benzene rings is 1. The van der Waals surface area contributed by atoms with Gasteiger partial charge in [-0.25, -0.2) is 4.98 Å². The van der Waals surface area contributed by atoms with Gasteiger partial charge in [0.1, 0.15) is 0 Å². The number of imidazole rings is 1. The fourth-order valence-electron chi connectivity index (χ4n) is 4.00. The van der Waals surface area contributed by atoms with Crippen molar-refractivity contribution >= 4 is 70.4 Å². The number of rotatable bonds is 6. The van der Waals surface area contributed by atoms with Crippen molar-refractivity contribution in [2.75, 3.05) is 24.4 Å². The number of halogens is 2. The molecule has 30 heavy (non-hydrogen) atoms. The molecule has 4 aromatic rings. The molecule has 0 atom stereocenters. The third-order valence-electron chi connectivity index (χ3n) is 5.41. The summed E-state index contributed by atoms with van der Waals surface area (Å²) in [5, 5.41) is 2.67. The number of sulfonamides is 1. The Labute approximate surface area is 191 Å². The Morgan fingerprint density at radius 2 is 2.10 bits per heavy atom. The lowest BCUT2D eigenvalue weighted by molar-refractivity contribution is 0.344. The van der Waals surface area contributed by atoms with E-state index < -0.39 is 10.0 Å². The van der Waals surface area contributed by atoms with Crippen molar-refractivity contribution in [1.29, 1.82) is 0 Å². The first-order valence-electron chi connectivity index (χ1n) is 9.58. The molecule has 0 radical (unpaired) electrons. The number of aromatic amines is 1. The summed E-state index contributed by atoms with van der Waals surface area (Å²) in [5.74, 6) is 0. The van der Waals surface area contributed by atoms with E-state index >= 15 is 0 Å². The Bertz CT molecular complexity index is 1340. The van der Waals surface area contributed by atoms with Gasteiger partial charge in [0.15, 0.2) is 15.1 Å². The maximum Gasteiger partial charge on any atom is 0.281 e. The highest BCUT2D eigenvalue weighted by atomic mass is 79.9. The number of nitrogens with zero attached hydrogens (tertiary/aromatic N) is 3. The van der Waals surface area contributed by atoms with Gasteiger partial charge in [0.2, 0.25) is 0 Å². The molecule has 0 bridgehead atoms. The Morgan fingerprint density at radius 1 is 1.30 bits per heavy atom. The zero-order valence-corrected chi connectivity index (χ0v) is 19.8. The topological polar surface area (TPSA) is 82.5 Å². The molecular weight excluding hydrogens is 510 g/mol. The molecule has 0 unspecified atom stereocenters. The van der Waals surface area contributed by atoms with Crippen LogP contribution in [0, 0.1) is 0 Å². The minimum atomic E-state index is -3.95. The van der Waals surface area contributed by atoms with Crippen LogP contribution in [0.4, 0.5) is 5.69 Å². The number of nitrogens with one attached hydrogen (secondary N) is 2. The summed E-state index contributed by atoms with van der Waals surface area (Å²) in [5.41, 5.74) is 2.38. The number of likely N-dealkylation sites (tertiary alicyclic amines) is 1. The van der Waals surface area contributed by atoms with Crippen molar-refractivity contribution in [1.82, 2.24) is 19.3 Å². The van der Waals surface area contributed by atoms with Crippen LogP contribution in [0.25, 0.3) is 15.9 Å². The number of aromatic nitrogens is 3. The SMILES string of the molecule is O=S(=O)(Nc1cc(Br)cc2c(CCN3CCCC3)c[nH]c12)c1c(Cl)nc2sccn12. The Balaban J connectivity index is 1.49. The summed E-state index contributed by atoms with van der Waals surface area (Å²) in [7, 11) is -3.95. The van der Waals surface area contributed by atoms with Crippen LogP contribution in [-0.4, -0.2) is 47.3 Å². The van der Waals surface area contributed by atoms with E-state index in [2.05, 4.69) is 35.5 Å². The average Bonchev–Trinajstić information content (AvgIpc) is 3.43. The van der Waals surface area contributed by atoms with E-state index in [1.165, 1.54) is 34.1 Å². The van der Waals surface area contributed by atoms with Crippen LogP contribution < -0.4 is 4.72 Å². The largest absolute Gasteiger partial charge is 0.359 e. The van der Waals surface area contributed by atoms with E-state index in [0.717, 1.165) is 41.4 Å². The molecule has 11 heteroatoms. The van der Waals surface area contributed by atoms with E-state index in [1.807, 2.05) is 12.3 Å². The summed E-state index contributed by atoms with van der Waals surface area (Å²) in [6.07, 6.45) is 7.05. The summed E-state index contributed by atoms with van der Waals surface area (Å²) in [4.78, 5) is 10.4. The molecule has 5 rings (SSSR count). The molecule has 0 saturated carbocycles. The van der Waals surface area contributed by atoms with Gasteiger partial charge < -0.3 is 9.88 Å². The maximum atomic E-state index is 13.2. The normalized spacial score (nSPS) is 15.5. The average molecular weight is 529 g/mol. The predicted molar refractivity (Wildman–Crippen MR) is 124 cm³/mol. The third-order valence-corrected chi connectivity index (χ3v) is 8.39. The lowest BCUT2D eigenvalue weighted by atomic mass is 10.1. The van der Waals surface area contributed by atoms with Gasteiger partial charge in [-0.05, 0) is 50.0 Å². The Morgan fingerprint density at radius 3 is 2.90 bits per heavy atom.